The Kier molecular flexibility index (Phi) is 5.31. The first-order valence-electron chi connectivity index (χ1n) is 6.95. The minimum absolute atomic E-state index is 0.274. The predicted molar refractivity (Wildman–Crippen MR) is 82.4 cm³/mol. The fourth-order valence-electron chi connectivity index (χ4n) is 2.83. The SMILES string of the molecule is COc1ccc(CN(CC(N)=S)C2CCCC2)cc1F. The maximum atomic E-state index is 13.7. The van der Waals surface area contributed by atoms with E-state index >= 15 is 0 Å². The van der Waals surface area contributed by atoms with Crippen molar-refractivity contribution in [1.82, 2.24) is 4.90 Å². The standard InChI is InChI=1S/C15H21FN2OS/c1-19-14-7-6-11(8-13(14)16)9-18(10-15(17)20)12-4-2-3-5-12/h6-8,12H,2-5,9-10H2,1H3,(H2,17,20). The molecular weight excluding hydrogens is 275 g/mol. The van der Waals surface area contributed by atoms with E-state index in [2.05, 4.69) is 4.90 Å². The van der Waals surface area contributed by atoms with E-state index < -0.39 is 0 Å². The second kappa shape index (κ2) is 6.99. The Labute approximate surface area is 124 Å². The minimum Gasteiger partial charge on any atom is -0.494 e. The van der Waals surface area contributed by atoms with Crippen molar-refractivity contribution in [2.75, 3.05) is 13.7 Å². The van der Waals surface area contributed by atoms with Crippen molar-refractivity contribution in [1.29, 1.82) is 0 Å². The molecule has 2 rings (SSSR count). The van der Waals surface area contributed by atoms with Crippen molar-refractivity contribution in [3.63, 3.8) is 0 Å². The second-order valence-electron chi connectivity index (χ2n) is 5.28. The lowest BCUT2D eigenvalue weighted by atomic mass is 10.1. The van der Waals surface area contributed by atoms with Gasteiger partial charge in [-0.05, 0) is 30.5 Å². The Morgan fingerprint density at radius 1 is 1.45 bits per heavy atom. The Morgan fingerprint density at radius 3 is 2.70 bits per heavy atom. The number of nitrogens with two attached hydrogens (primary N) is 1. The molecule has 0 unspecified atom stereocenters. The van der Waals surface area contributed by atoms with Gasteiger partial charge in [0.15, 0.2) is 11.6 Å². The summed E-state index contributed by atoms with van der Waals surface area (Å²) in [7, 11) is 1.47. The summed E-state index contributed by atoms with van der Waals surface area (Å²) in [6.45, 7) is 1.26. The molecule has 3 nitrogen and oxygen atoms in total. The van der Waals surface area contributed by atoms with Gasteiger partial charge in [-0.15, -0.1) is 0 Å². The summed E-state index contributed by atoms with van der Waals surface area (Å²) in [6.07, 6.45) is 4.83. The molecule has 1 aliphatic carbocycles. The lowest BCUT2D eigenvalue weighted by Gasteiger charge is -2.28. The maximum absolute atomic E-state index is 13.7. The normalized spacial score (nSPS) is 15.8. The molecule has 1 aromatic carbocycles. The quantitative estimate of drug-likeness (QED) is 0.819. The minimum atomic E-state index is -0.327. The largest absolute Gasteiger partial charge is 0.494 e. The zero-order chi connectivity index (χ0) is 14.5. The monoisotopic (exact) mass is 296 g/mol. The van der Waals surface area contributed by atoms with E-state index in [9.17, 15) is 4.39 Å². The van der Waals surface area contributed by atoms with E-state index in [0.717, 1.165) is 5.56 Å². The number of nitrogens with zero attached hydrogens (tertiary/aromatic N) is 1. The topological polar surface area (TPSA) is 38.5 Å². The number of ether oxygens (including phenoxy) is 1. The molecule has 0 saturated heterocycles. The van der Waals surface area contributed by atoms with Crippen LogP contribution in [0.1, 0.15) is 31.2 Å². The van der Waals surface area contributed by atoms with Crippen molar-refractivity contribution >= 4 is 17.2 Å². The van der Waals surface area contributed by atoms with Gasteiger partial charge >= 0.3 is 0 Å². The van der Waals surface area contributed by atoms with Gasteiger partial charge in [0, 0.05) is 19.1 Å². The van der Waals surface area contributed by atoms with E-state index in [4.69, 9.17) is 22.7 Å². The molecule has 0 spiro atoms. The molecule has 0 aromatic heterocycles. The van der Waals surface area contributed by atoms with Gasteiger partial charge in [-0.25, -0.2) is 4.39 Å². The van der Waals surface area contributed by atoms with Gasteiger partial charge in [0.2, 0.25) is 0 Å². The van der Waals surface area contributed by atoms with E-state index in [1.54, 1.807) is 6.07 Å². The van der Waals surface area contributed by atoms with Gasteiger partial charge in [0.25, 0.3) is 0 Å². The Morgan fingerprint density at radius 2 is 2.15 bits per heavy atom. The number of hydrogen-bond donors (Lipinski definition) is 1. The van der Waals surface area contributed by atoms with E-state index in [1.807, 2.05) is 6.07 Å². The predicted octanol–water partition coefficient (Wildman–Crippen LogP) is 2.87. The van der Waals surface area contributed by atoms with Gasteiger partial charge in [-0.3, -0.25) is 4.90 Å². The second-order valence-corrected chi connectivity index (χ2v) is 5.80. The van der Waals surface area contributed by atoms with Crippen LogP contribution in [0.2, 0.25) is 0 Å². The van der Waals surface area contributed by atoms with Crippen LogP contribution in [-0.2, 0) is 6.54 Å². The third kappa shape index (κ3) is 3.90. The van der Waals surface area contributed by atoms with Gasteiger partial charge in [-0.2, -0.15) is 0 Å². The molecule has 0 amide bonds. The molecule has 0 atom stereocenters. The van der Waals surface area contributed by atoms with Crippen LogP contribution in [0, 0.1) is 5.82 Å². The van der Waals surface area contributed by atoms with Gasteiger partial charge in [0.05, 0.1) is 12.1 Å². The highest BCUT2D eigenvalue weighted by Gasteiger charge is 2.23. The highest BCUT2D eigenvalue weighted by molar-refractivity contribution is 7.80. The first-order chi connectivity index (χ1) is 9.60. The average molecular weight is 296 g/mol. The first-order valence-corrected chi connectivity index (χ1v) is 7.35. The van der Waals surface area contributed by atoms with Crippen LogP contribution >= 0.6 is 12.2 Å². The molecular formula is C15H21FN2OS. The number of thiocarbonyl (C=S) groups is 1. The number of hydrogen-bond acceptors (Lipinski definition) is 3. The lowest BCUT2D eigenvalue weighted by Crippen LogP contribution is -2.38. The summed E-state index contributed by atoms with van der Waals surface area (Å²) in [5.74, 6) is -0.0535. The van der Waals surface area contributed by atoms with Crippen LogP contribution in [0.5, 0.6) is 5.75 Å². The van der Waals surface area contributed by atoms with Gasteiger partial charge < -0.3 is 10.5 Å². The molecule has 1 fully saturated rings. The summed E-state index contributed by atoms with van der Waals surface area (Å²) in [5.41, 5.74) is 6.61. The van der Waals surface area contributed by atoms with Crippen molar-refractivity contribution in [3.8, 4) is 5.75 Å². The number of halogens is 1. The fourth-order valence-corrected chi connectivity index (χ4v) is 2.99. The highest BCUT2D eigenvalue weighted by atomic mass is 32.1. The molecule has 5 heteroatoms. The van der Waals surface area contributed by atoms with Crippen molar-refractivity contribution in [2.45, 2.75) is 38.3 Å². The van der Waals surface area contributed by atoms with Crippen molar-refractivity contribution in [2.24, 2.45) is 5.73 Å². The lowest BCUT2D eigenvalue weighted by molar-refractivity contribution is 0.218. The molecule has 110 valence electrons. The third-order valence-electron chi connectivity index (χ3n) is 3.80. The van der Waals surface area contributed by atoms with E-state index in [1.165, 1.54) is 38.9 Å². The first kappa shape index (κ1) is 15.2. The number of rotatable bonds is 6. The maximum Gasteiger partial charge on any atom is 0.165 e. The molecule has 1 saturated carbocycles. The van der Waals surface area contributed by atoms with Crippen molar-refractivity contribution < 1.29 is 9.13 Å². The molecule has 1 aromatic rings. The summed E-state index contributed by atoms with van der Waals surface area (Å²) >= 11 is 5.03. The van der Waals surface area contributed by atoms with Crippen molar-refractivity contribution in [3.05, 3.63) is 29.6 Å². The van der Waals surface area contributed by atoms with Crippen LogP contribution in [-0.4, -0.2) is 29.6 Å². The van der Waals surface area contributed by atoms with E-state index in [-0.39, 0.29) is 11.6 Å². The molecule has 0 radical (unpaired) electrons. The van der Waals surface area contributed by atoms with Gasteiger partial charge in [-0.1, -0.05) is 31.1 Å². The Bertz CT molecular complexity index is 475. The zero-order valence-corrected chi connectivity index (χ0v) is 12.6. The Balaban J connectivity index is 2.10. The van der Waals surface area contributed by atoms with Crippen LogP contribution in [0.4, 0.5) is 4.39 Å². The third-order valence-corrected chi connectivity index (χ3v) is 3.93. The molecule has 1 aliphatic rings. The van der Waals surface area contributed by atoms with Crippen LogP contribution < -0.4 is 10.5 Å². The highest BCUT2D eigenvalue weighted by Crippen LogP contribution is 2.26. The summed E-state index contributed by atoms with van der Waals surface area (Å²) < 4.78 is 18.7. The molecule has 0 bridgehead atoms. The van der Waals surface area contributed by atoms with Crippen LogP contribution in [0.3, 0.4) is 0 Å². The van der Waals surface area contributed by atoms with Gasteiger partial charge in [0.1, 0.15) is 0 Å². The summed E-state index contributed by atoms with van der Waals surface area (Å²) in [4.78, 5) is 2.75. The molecule has 2 N–H and O–H groups in total. The fraction of sp³-hybridized carbons (Fsp3) is 0.533. The zero-order valence-electron chi connectivity index (χ0n) is 11.8. The molecule has 0 aliphatic heterocycles. The Hall–Kier alpha value is -1.20. The number of methoxy groups -OCH3 is 1. The average Bonchev–Trinajstić information content (AvgIpc) is 2.91. The van der Waals surface area contributed by atoms with Crippen LogP contribution in [0.25, 0.3) is 0 Å². The molecule has 0 heterocycles. The van der Waals surface area contributed by atoms with Crippen LogP contribution in [0.15, 0.2) is 18.2 Å². The smallest absolute Gasteiger partial charge is 0.165 e. The summed E-state index contributed by atoms with van der Waals surface area (Å²) in [5, 5.41) is 0. The number of benzene rings is 1. The molecule has 20 heavy (non-hydrogen) atoms. The summed E-state index contributed by atoms with van der Waals surface area (Å²) in [6, 6.07) is 5.59. The van der Waals surface area contributed by atoms with E-state index in [0.29, 0.717) is 24.1 Å².